The van der Waals surface area contributed by atoms with Crippen molar-refractivity contribution in [2.75, 3.05) is 19.3 Å². The molecule has 1 aliphatic rings. The Morgan fingerprint density at radius 1 is 1.50 bits per heavy atom. The van der Waals surface area contributed by atoms with Crippen LogP contribution < -0.4 is 11.1 Å². The molecule has 4 nitrogen and oxygen atoms in total. The second-order valence-corrected chi connectivity index (χ2v) is 4.89. The van der Waals surface area contributed by atoms with Gasteiger partial charge in [-0.2, -0.15) is 0 Å². The largest absolute Gasteiger partial charge is 0.325 e. The SMILES string of the molecule is CS(=O)(=O)C1C[N]CC1N. The van der Waals surface area contributed by atoms with E-state index in [9.17, 15) is 8.42 Å². The minimum atomic E-state index is -2.97. The maximum absolute atomic E-state index is 10.9. The van der Waals surface area contributed by atoms with Gasteiger partial charge in [0.2, 0.25) is 0 Å². The van der Waals surface area contributed by atoms with E-state index in [-0.39, 0.29) is 6.04 Å². The summed E-state index contributed by atoms with van der Waals surface area (Å²) in [6.07, 6.45) is 1.21. The Bertz CT molecular complexity index is 212. The van der Waals surface area contributed by atoms with E-state index in [1.54, 1.807) is 0 Å². The fraction of sp³-hybridized carbons (Fsp3) is 1.00. The number of hydrogen-bond donors (Lipinski definition) is 1. The summed E-state index contributed by atoms with van der Waals surface area (Å²) in [5.41, 5.74) is 5.49. The van der Waals surface area contributed by atoms with Crippen LogP contribution in [0.2, 0.25) is 0 Å². The van der Waals surface area contributed by atoms with Gasteiger partial charge in [-0.25, -0.2) is 13.7 Å². The predicted molar refractivity (Wildman–Crippen MR) is 38.5 cm³/mol. The van der Waals surface area contributed by atoms with Crippen LogP contribution in [0.15, 0.2) is 0 Å². The molecule has 10 heavy (non-hydrogen) atoms. The van der Waals surface area contributed by atoms with Crippen LogP contribution >= 0.6 is 0 Å². The second-order valence-electron chi connectivity index (χ2n) is 2.62. The minimum absolute atomic E-state index is 0.282. The fourth-order valence-electron chi connectivity index (χ4n) is 1.06. The number of nitrogens with two attached hydrogens (primary N) is 1. The van der Waals surface area contributed by atoms with Gasteiger partial charge in [0.05, 0.1) is 5.25 Å². The first-order chi connectivity index (χ1) is 4.52. The molecule has 0 saturated carbocycles. The lowest BCUT2D eigenvalue weighted by Gasteiger charge is -2.09. The van der Waals surface area contributed by atoms with Crippen molar-refractivity contribution < 1.29 is 8.42 Å². The lowest BCUT2D eigenvalue weighted by molar-refractivity contribution is 0.581. The topological polar surface area (TPSA) is 74.3 Å². The van der Waals surface area contributed by atoms with Gasteiger partial charge in [-0.1, -0.05) is 0 Å². The van der Waals surface area contributed by atoms with E-state index >= 15 is 0 Å². The zero-order chi connectivity index (χ0) is 7.78. The Balaban J connectivity index is 2.74. The van der Waals surface area contributed by atoms with Gasteiger partial charge in [0, 0.05) is 25.4 Å². The molecule has 1 rings (SSSR count). The molecule has 1 fully saturated rings. The van der Waals surface area contributed by atoms with Crippen LogP contribution in [-0.4, -0.2) is 39.1 Å². The molecular formula is C5H11N2O2S. The van der Waals surface area contributed by atoms with Gasteiger partial charge >= 0.3 is 0 Å². The van der Waals surface area contributed by atoms with E-state index in [0.29, 0.717) is 13.1 Å². The Kier molecular flexibility index (Phi) is 1.98. The average Bonchev–Trinajstić information content (AvgIpc) is 2.11. The maximum atomic E-state index is 10.9. The molecule has 1 heterocycles. The van der Waals surface area contributed by atoms with Crippen LogP contribution in [0.4, 0.5) is 0 Å². The van der Waals surface area contributed by atoms with Crippen molar-refractivity contribution in [1.29, 1.82) is 0 Å². The monoisotopic (exact) mass is 163 g/mol. The molecule has 0 amide bonds. The van der Waals surface area contributed by atoms with Crippen LogP contribution in [-0.2, 0) is 9.84 Å². The summed E-state index contributed by atoms with van der Waals surface area (Å²) in [7, 11) is -2.97. The molecule has 0 aliphatic carbocycles. The third-order valence-electron chi connectivity index (χ3n) is 1.68. The van der Waals surface area contributed by atoms with E-state index in [2.05, 4.69) is 5.32 Å². The van der Waals surface area contributed by atoms with E-state index < -0.39 is 15.1 Å². The summed E-state index contributed by atoms with van der Waals surface area (Å²) in [4.78, 5) is 0. The molecule has 0 spiro atoms. The molecule has 1 saturated heterocycles. The number of hydrogen-bond acceptors (Lipinski definition) is 3. The standard InChI is InChI=1S/C5H11N2O2S/c1-10(8,9)5-3-7-2-4(5)6/h4-5H,2-3,6H2,1H3. The van der Waals surface area contributed by atoms with Gasteiger partial charge in [-0.05, 0) is 0 Å². The van der Waals surface area contributed by atoms with Crippen molar-refractivity contribution in [2.45, 2.75) is 11.3 Å². The average molecular weight is 163 g/mol. The molecule has 0 aromatic carbocycles. The molecule has 1 aliphatic heterocycles. The summed E-state index contributed by atoms with van der Waals surface area (Å²) in [5, 5.41) is 3.47. The summed E-state index contributed by atoms with van der Waals surface area (Å²) in [6, 6.07) is -0.282. The summed E-state index contributed by atoms with van der Waals surface area (Å²) in [5.74, 6) is 0. The number of sulfone groups is 1. The van der Waals surface area contributed by atoms with Crippen LogP contribution in [0.1, 0.15) is 0 Å². The third-order valence-corrected chi connectivity index (χ3v) is 3.27. The molecule has 0 aromatic heterocycles. The van der Waals surface area contributed by atoms with Crippen LogP contribution in [0.5, 0.6) is 0 Å². The maximum Gasteiger partial charge on any atom is 0.153 e. The first-order valence-corrected chi connectivity index (χ1v) is 5.05. The third kappa shape index (κ3) is 1.47. The first-order valence-electron chi connectivity index (χ1n) is 3.09. The molecular weight excluding hydrogens is 152 g/mol. The van der Waals surface area contributed by atoms with Gasteiger partial charge in [0.1, 0.15) is 0 Å². The van der Waals surface area contributed by atoms with Crippen LogP contribution in [0.3, 0.4) is 0 Å². The minimum Gasteiger partial charge on any atom is -0.325 e. The molecule has 0 bridgehead atoms. The van der Waals surface area contributed by atoms with Crippen molar-refractivity contribution in [3.05, 3.63) is 0 Å². The molecule has 2 atom stereocenters. The lowest BCUT2D eigenvalue weighted by Crippen LogP contribution is -2.38. The first kappa shape index (κ1) is 7.97. The fourth-order valence-corrected chi connectivity index (χ4v) is 2.15. The van der Waals surface area contributed by atoms with Gasteiger partial charge in [0.25, 0.3) is 0 Å². The van der Waals surface area contributed by atoms with Gasteiger partial charge in [-0.15, -0.1) is 0 Å². The molecule has 5 heteroatoms. The summed E-state index contributed by atoms with van der Waals surface area (Å²) >= 11 is 0. The van der Waals surface area contributed by atoms with Crippen molar-refractivity contribution in [3.8, 4) is 0 Å². The highest BCUT2D eigenvalue weighted by atomic mass is 32.2. The zero-order valence-electron chi connectivity index (χ0n) is 5.82. The highest BCUT2D eigenvalue weighted by molar-refractivity contribution is 7.91. The van der Waals surface area contributed by atoms with Crippen molar-refractivity contribution in [2.24, 2.45) is 5.73 Å². The van der Waals surface area contributed by atoms with Crippen molar-refractivity contribution in [3.63, 3.8) is 0 Å². The molecule has 1 radical (unpaired) electrons. The molecule has 2 N–H and O–H groups in total. The molecule has 2 unspecified atom stereocenters. The Hall–Kier alpha value is -0.130. The van der Waals surface area contributed by atoms with Crippen LogP contribution in [0, 0.1) is 0 Å². The smallest absolute Gasteiger partial charge is 0.153 e. The van der Waals surface area contributed by atoms with Crippen LogP contribution in [0.25, 0.3) is 0 Å². The molecule has 0 aromatic rings. The normalized spacial score (nSPS) is 34.6. The number of rotatable bonds is 1. The predicted octanol–water partition coefficient (Wildman–Crippen LogP) is -1.66. The van der Waals surface area contributed by atoms with Gasteiger partial charge in [0.15, 0.2) is 9.84 Å². The molecule has 59 valence electrons. The lowest BCUT2D eigenvalue weighted by atomic mass is 10.3. The summed E-state index contributed by atoms with van der Waals surface area (Å²) < 4.78 is 21.8. The van der Waals surface area contributed by atoms with E-state index in [1.807, 2.05) is 0 Å². The van der Waals surface area contributed by atoms with Gasteiger partial charge < -0.3 is 5.73 Å². The van der Waals surface area contributed by atoms with Crippen molar-refractivity contribution in [1.82, 2.24) is 5.32 Å². The second kappa shape index (κ2) is 2.48. The highest BCUT2D eigenvalue weighted by Crippen LogP contribution is 2.07. The Labute approximate surface area is 60.7 Å². The Morgan fingerprint density at radius 3 is 2.30 bits per heavy atom. The van der Waals surface area contributed by atoms with Crippen molar-refractivity contribution >= 4 is 9.84 Å². The summed E-state index contributed by atoms with van der Waals surface area (Å²) in [6.45, 7) is 0.859. The number of nitrogens with zero attached hydrogens (tertiary/aromatic N) is 1. The quantitative estimate of drug-likeness (QED) is 0.503. The van der Waals surface area contributed by atoms with E-state index in [1.165, 1.54) is 6.26 Å². The van der Waals surface area contributed by atoms with E-state index in [4.69, 9.17) is 5.73 Å². The Morgan fingerprint density at radius 2 is 2.10 bits per heavy atom. The van der Waals surface area contributed by atoms with E-state index in [0.717, 1.165) is 0 Å². The highest BCUT2D eigenvalue weighted by Gasteiger charge is 2.32. The van der Waals surface area contributed by atoms with Gasteiger partial charge in [-0.3, -0.25) is 0 Å². The zero-order valence-corrected chi connectivity index (χ0v) is 6.63.